The molecule has 0 saturated heterocycles. The van der Waals surface area contributed by atoms with Crippen LogP contribution in [-0.4, -0.2) is 17.4 Å². The molecule has 0 aliphatic carbocycles. The standard InChI is InChI=1S/C8H17ClS/c1-2-3-4-5-7-10-8-6-9/h2-8H2,1H3. The Hall–Kier alpha value is 0.640. The van der Waals surface area contributed by atoms with Crippen LogP contribution in [0.25, 0.3) is 0 Å². The van der Waals surface area contributed by atoms with Crippen molar-refractivity contribution in [2.75, 3.05) is 17.4 Å². The smallest absolute Gasteiger partial charge is 0.0314 e. The average Bonchev–Trinajstić information content (AvgIpc) is 1.97. The summed E-state index contributed by atoms with van der Waals surface area (Å²) in [7, 11) is 0. The van der Waals surface area contributed by atoms with Gasteiger partial charge in [-0.15, -0.1) is 11.6 Å². The molecule has 0 atom stereocenters. The number of thioether (sulfide) groups is 1. The lowest BCUT2D eigenvalue weighted by Gasteiger charge is -1.97. The molecule has 0 aromatic rings. The van der Waals surface area contributed by atoms with E-state index in [1.54, 1.807) is 0 Å². The second kappa shape index (κ2) is 9.64. The van der Waals surface area contributed by atoms with Crippen molar-refractivity contribution in [3.05, 3.63) is 0 Å². The summed E-state index contributed by atoms with van der Waals surface area (Å²) < 4.78 is 0. The molecular formula is C8H17ClS. The number of hydrogen-bond donors (Lipinski definition) is 0. The van der Waals surface area contributed by atoms with Gasteiger partial charge in [-0.2, -0.15) is 11.8 Å². The van der Waals surface area contributed by atoms with Crippen LogP contribution in [-0.2, 0) is 0 Å². The summed E-state index contributed by atoms with van der Waals surface area (Å²) in [6.45, 7) is 2.24. The Bertz CT molecular complexity index is 49.2. The van der Waals surface area contributed by atoms with Crippen LogP contribution in [0, 0.1) is 0 Å². The molecule has 0 rings (SSSR count). The Labute approximate surface area is 73.7 Å². The topological polar surface area (TPSA) is 0 Å². The van der Waals surface area contributed by atoms with E-state index in [9.17, 15) is 0 Å². The van der Waals surface area contributed by atoms with Gasteiger partial charge in [-0.25, -0.2) is 0 Å². The van der Waals surface area contributed by atoms with Gasteiger partial charge in [0.25, 0.3) is 0 Å². The van der Waals surface area contributed by atoms with Crippen molar-refractivity contribution in [3.8, 4) is 0 Å². The van der Waals surface area contributed by atoms with Gasteiger partial charge in [0.05, 0.1) is 0 Å². The third-order valence-corrected chi connectivity index (χ3v) is 2.85. The van der Waals surface area contributed by atoms with Crippen LogP contribution >= 0.6 is 23.4 Å². The highest BCUT2D eigenvalue weighted by Gasteiger charge is 1.88. The second-order valence-electron chi connectivity index (χ2n) is 2.36. The van der Waals surface area contributed by atoms with Crippen molar-refractivity contribution in [2.45, 2.75) is 32.6 Å². The van der Waals surface area contributed by atoms with Crippen LogP contribution < -0.4 is 0 Å². The highest BCUT2D eigenvalue weighted by Crippen LogP contribution is 2.07. The molecule has 0 bridgehead atoms. The van der Waals surface area contributed by atoms with E-state index in [4.69, 9.17) is 11.6 Å². The van der Waals surface area contributed by atoms with Crippen molar-refractivity contribution in [3.63, 3.8) is 0 Å². The van der Waals surface area contributed by atoms with Crippen LogP contribution in [0.5, 0.6) is 0 Å². The fourth-order valence-electron chi connectivity index (χ4n) is 0.788. The lowest BCUT2D eigenvalue weighted by atomic mass is 10.2. The number of unbranched alkanes of at least 4 members (excludes halogenated alkanes) is 3. The molecule has 10 heavy (non-hydrogen) atoms. The Morgan fingerprint density at radius 1 is 1.10 bits per heavy atom. The van der Waals surface area contributed by atoms with Gasteiger partial charge in [-0.1, -0.05) is 26.2 Å². The number of alkyl halides is 1. The molecule has 0 saturated carbocycles. The zero-order valence-corrected chi connectivity index (χ0v) is 8.31. The quantitative estimate of drug-likeness (QED) is 0.427. The normalized spacial score (nSPS) is 10.2. The Balaban J connectivity index is 2.65. The maximum absolute atomic E-state index is 5.52. The molecule has 0 spiro atoms. The van der Waals surface area contributed by atoms with Gasteiger partial charge in [-0.3, -0.25) is 0 Å². The summed E-state index contributed by atoms with van der Waals surface area (Å²) in [5.74, 6) is 3.22. The second-order valence-corrected chi connectivity index (χ2v) is 3.96. The summed E-state index contributed by atoms with van der Waals surface area (Å²) >= 11 is 7.49. The van der Waals surface area contributed by atoms with Crippen LogP contribution in [0.15, 0.2) is 0 Å². The molecule has 0 aliphatic rings. The van der Waals surface area contributed by atoms with E-state index in [0.29, 0.717) is 0 Å². The molecule has 0 aliphatic heterocycles. The number of halogens is 1. The van der Waals surface area contributed by atoms with E-state index in [0.717, 1.165) is 11.6 Å². The number of hydrogen-bond acceptors (Lipinski definition) is 1. The van der Waals surface area contributed by atoms with Crippen LogP contribution in [0.4, 0.5) is 0 Å². The first kappa shape index (κ1) is 10.6. The molecule has 0 aromatic carbocycles. The summed E-state index contributed by atoms with van der Waals surface area (Å²) in [6, 6.07) is 0. The van der Waals surface area contributed by atoms with Crippen LogP contribution in [0.1, 0.15) is 32.6 Å². The predicted octanol–water partition coefficient (Wildman–Crippen LogP) is 3.54. The zero-order valence-electron chi connectivity index (χ0n) is 6.74. The van der Waals surface area contributed by atoms with Crippen LogP contribution in [0.2, 0.25) is 0 Å². The molecular weight excluding hydrogens is 164 g/mol. The molecule has 2 heteroatoms. The van der Waals surface area contributed by atoms with Gasteiger partial charge < -0.3 is 0 Å². The summed E-state index contributed by atoms with van der Waals surface area (Å²) in [6.07, 6.45) is 5.49. The van der Waals surface area contributed by atoms with Crippen LogP contribution in [0.3, 0.4) is 0 Å². The van der Waals surface area contributed by atoms with Gasteiger partial charge in [0, 0.05) is 11.6 Å². The monoisotopic (exact) mass is 180 g/mol. The van der Waals surface area contributed by atoms with Crippen molar-refractivity contribution < 1.29 is 0 Å². The number of rotatable bonds is 7. The minimum Gasteiger partial charge on any atom is -0.161 e. The van der Waals surface area contributed by atoms with E-state index in [1.165, 1.54) is 31.4 Å². The van der Waals surface area contributed by atoms with E-state index in [1.807, 2.05) is 11.8 Å². The Kier molecular flexibility index (Phi) is 10.3. The van der Waals surface area contributed by atoms with E-state index < -0.39 is 0 Å². The minimum atomic E-state index is 0.804. The average molecular weight is 181 g/mol. The van der Waals surface area contributed by atoms with E-state index >= 15 is 0 Å². The van der Waals surface area contributed by atoms with Crippen molar-refractivity contribution >= 4 is 23.4 Å². The first-order chi connectivity index (χ1) is 4.91. The molecule has 0 nitrogen and oxygen atoms in total. The third-order valence-electron chi connectivity index (χ3n) is 1.36. The van der Waals surface area contributed by atoms with Gasteiger partial charge >= 0.3 is 0 Å². The predicted molar refractivity (Wildman–Crippen MR) is 52.2 cm³/mol. The fraction of sp³-hybridized carbons (Fsp3) is 1.00. The molecule has 62 valence electrons. The molecule has 0 aromatic heterocycles. The van der Waals surface area contributed by atoms with Crippen molar-refractivity contribution in [1.29, 1.82) is 0 Å². The van der Waals surface area contributed by atoms with Gasteiger partial charge in [0.1, 0.15) is 0 Å². The maximum atomic E-state index is 5.52. The highest BCUT2D eigenvalue weighted by molar-refractivity contribution is 7.99. The Morgan fingerprint density at radius 3 is 2.50 bits per heavy atom. The lowest BCUT2D eigenvalue weighted by molar-refractivity contribution is 0.706. The molecule has 0 heterocycles. The molecule has 0 amide bonds. The molecule has 0 unspecified atom stereocenters. The molecule has 0 fully saturated rings. The first-order valence-electron chi connectivity index (χ1n) is 4.05. The third kappa shape index (κ3) is 8.64. The zero-order chi connectivity index (χ0) is 7.66. The largest absolute Gasteiger partial charge is 0.161 e. The summed E-state index contributed by atoms with van der Waals surface area (Å²) in [5.41, 5.74) is 0. The molecule has 0 N–H and O–H groups in total. The maximum Gasteiger partial charge on any atom is 0.0314 e. The Morgan fingerprint density at radius 2 is 1.90 bits per heavy atom. The SMILES string of the molecule is CCCCCCSCCCl. The van der Waals surface area contributed by atoms with Gasteiger partial charge in [0.2, 0.25) is 0 Å². The minimum absolute atomic E-state index is 0.804. The van der Waals surface area contributed by atoms with E-state index in [-0.39, 0.29) is 0 Å². The van der Waals surface area contributed by atoms with Crippen molar-refractivity contribution in [1.82, 2.24) is 0 Å². The first-order valence-corrected chi connectivity index (χ1v) is 5.74. The fourth-order valence-corrected chi connectivity index (χ4v) is 1.84. The van der Waals surface area contributed by atoms with Gasteiger partial charge in [-0.05, 0) is 12.2 Å². The summed E-state index contributed by atoms with van der Waals surface area (Å²) in [5, 5.41) is 0. The summed E-state index contributed by atoms with van der Waals surface area (Å²) in [4.78, 5) is 0. The molecule has 0 radical (unpaired) electrons. The van der Waals surface area contributed by atoms with E-state index in [2.05, 4.69) is 6.92 Å². The highest BCUT2D eigenvalue weighted by atomic mass is 35.5. The van der Waals surface area contributed by atoms with Crippen molar-refractivity contribution in [2.24, 2.45) is 0 Å². The lowest BCUT2D eigenvalue weighted by Crippen LogP contribution is -1.84. The van der Waals surface area contributed by atoms with Gasteiger partial charge in [0.15, 0.2) is 0 Å².